The van der Waals surface area contributed by atoms with E-state index in [1.807, 2.05) is 48.5 Å². The van der Waals surface area contributed by atoms with Crippen molar-refractivity contribution >= 4 is 16.9 Å². The van der Waals surface area contributed by atoms with E-state index < -0.39 is 0 Å². The van der Waals surface area contributed by atoms with Gasteiger partial charge in [0.15, 0.2) is 6.10 Å². The fraction of sp³-hybridized carbons (Fsp3) is 0.0625. The number of carbonyl (C=O) groups excluding carboxylic acids is 1. The quantitative estimate of drug-likeness (QED) is 0.671. The van der Waals surface area contributed by atoms with Crippen LogP contribution in [0.5, 0.6) is 0 Å². The number of esters is 1. The smallest absolute Gasteiger partial charge is 0.339 e. The topological polar surface area (TPSA) is 42.1 Å². The molecule has 0 bridgehead atoms. The van der Waals surface area contributed by atoms with Gasteiger partial charge in [0.2, 0.25) is 0 Å². The number of aromatic nitrogens is 1. The zero-order valence-corrected chi connectivity index (χ0v) is 10.1. The molecular formula is C16H11NO2. The second kappa shape index (κ2) is 3.72. The van der Waals surface area contributed by atoms with E-state index in [1.165, 1.54) is 0 Å². The van der Waals surface area contributed by atoms with Crippen molar-refractivity contribution in [3.8, 4) is 0 Å². The Balaban J connectivity index is 1.88. The molecule has 1 unspecified atom stereocenters. The van der Waals surface area contributed by atoms with Crippen LogP contribution in [-0.4, -0.2) is 11.0 Å². The van der Waals surface area contributed by atoms with Crippen LogP contribution in [0, 0.1) is 0 Å². The summed E-state index contributed by atoms with van der Waals surface area (Å²) in [6.07, 6.45) is -0.323. The summed E-state index contributed by atoms with van der Waals surface area (Å²) in [7, 11) is 0. The van der Waals surface area contributed by atoms with Gasteiger partial charge < -0.3 is 9.72 Å². The molecule has 2 aromatic carbocycles. The molecule has 19 heavy (non-hydrogen) atoms. The molecule has 0 spiro atoms. The molecule has 1 atom stereocenters. The molecule has 2 heterocycles. The van der Waals surface area contributed by atoms with E-state index in [9.17, 15) is 4.79 Å². The lowest BCUT2D eigenvalue weighted by molar-refractivity contribution is 0.0450. The molecule has 1 aliphatic heterocycles. The summed E-state index contributed by atoms with van der Waals surface area (Å²) in [5, 5.41) is 1.12. The molecule has 1 aromatic heterocycles. The van der Waals surface area contributed by atoms with Crippen LogP contribution in [0.25, 0.3) is 10.9 Å². The number of fused-ring (bicyclic) bond motifs is 2. The van der Waals surface area contributed by atoms with Crippen LogP contribution in [0.3, 0.4) is 0 Å². The third-order valence-electron chi connectivity index (χ3n) is 3.52. The normalized spacial score (nSPS) is 17.5. The molecule has 92 valence electrons. The summed E-state index contributed by atoms with van der Waals surface area (Å²) in [5.74, 6) is -0.251. The Bertz CT molecular complexity index is 755. The van der Waals surface area contributed by atoms with Gasteiger partial charge in [-0.05, 0) is 23.6 Å². The highest BCUT2D eigenvalue weighted by Gasteiger charge is 2.32. The van der Waals surface area contributed by atoms with Gasteiger partial charge in [-0.2, -0.15) is 0 Å². The highest BCUT2D eigenvalue weighted by Crippen LogP contribution is 2.36. The summed E-state index contributed by atoms with van der Waals surface area (Å²) in [6, 6.07) is 17.6. The average molecular weight is 249 g/mol. The predicted octanol–water partition coefficient (Wildman–Crippen LogP) is 3.43. The van der Waals surface area contributed by atoms with E-state index in [0.717, 1.165) is 22.2 Å². The minimum atomic E-state index is -0.323. The number of rotatable bonds is 1. The minimum Gasteiger partial charge on any atom is -0.447 e. The van der Waals surface area contributed by atoms with E-state index in [2.05, 4.69) is 4.98 Å². The van der Waals surface area contributed by atoms with Gasteiger partial charge in [-0.3, -0.25) is 0 Å². The third kappa shape index (κ3) is 1.48. The number of aromatic amines is 1. The van der Waals surface area contributed by atoms with Crippen molar-refractivity contribution in [2.45, 2.75) is 6.10 Å². The van der Waals surface area contributed by atoms with Crippen LogP contribution >= 0.6 is 0 Å². The number of carbonyl (C=O) groups is 1. The molecule has 3 nitrogen and oxygen atoms in total. The van der Waals surface area contributed by atoms with E-state index >= 15 is 0 Å². The SMILES string of the molecule is O=C1OC(c2cc3ccccc3[nH]2)c2ccccc21. The first kappa shape index (κ1) is 10.4. The Labute approximate surface area is 109 Å². The van der Waals surface area contributed by atoms with Gasteiger partial charge >= 0.3 is 5.97 Å². The van der Waals surface area contributed by atoms with Gasteiger partial charge in [0, 0.05) is 11.1 Å². The summed E-state index contributed by atoms with van der Waals surface area (Å²) in [6.45, 7) is 0. The number of ether oxygens (including phenoxy) is 1. The maximum atomic E-state index is 11.8. The number of H-pyrrole nitrogens is 1. The molecule has 3 heteroatoms. The van der Waals surface area contributed by atoms with Crippen LogP contribution in [0.4, 0.5) is 0 Å². The van der Waals surface area contributed by atoms with Crippen molar-refractivity contribution in [3.63, 3.8) is 0 Å². The molecule has 0 aliphatic carbocycles. The second-order valence-electron chi connectivity index (χ2n) is 4.68. The van der Waals surface area contributed by atoms with Crippen molar-refractivity contribution in [1.82, 2.24) is 4.98 Å². The summed E-state index contributed by atoms with van der Waals surface area (Å²) in [5.41, 5.74) is 3.56. The number of cyclic esters (lactones) is 1. The molecule has 0 saturated carbocycles. The lowest BCUT2D eigenvalue weighted by Crippen LogP contribution is -2.00. The summed E-state index contributed by atoms with van der Waals surface area (Å²) >= 11 is 0. The zero-order chi connectivity index (χ0) is 12.8. The molecule has 3 aromatic rings. The first-order valence-electron chi connectivity index (χ1n) is 6.20. The van der Waals surface area contributed by atoms with Crippen molar-refractivity contribution in [3.05, 3.63) is 71.4 Å². The third-order valence-corrected chi connectivity index (χ3v) is 3.52. The lowest BCUT2D eigenvalue weighted by Gasteiger charge is -2.07. The Kier molecular flexibility index (Phi) is 2.03. The Hall–Kier alpha value is -2.55. The van der Waals surface area contributed by atoms with Gasteiger partial charge in [-0.15, -0.1) is 0 Å². The zero-order valence-electron chi connectivity index (χ0n) is 10.1. The number of para-hydroxylation sites is 1. The van der Waals surface area contributed by atoms with Gasteiger partial charge in [0.05, 0.1) is 11.3 Å². The van der Waals surface area contributed by atoms with E-state index in [1.54, 1.807) is 6.07 Å². The first-order chi connectivity index (χ1) is 9.33. The van der Waals surface area contributed by atoms with Crippen LogP contribution < -0.4 is 0 Å². The predicted molar refractivity (Wildman–Crippen MR) is 72.0 cm³/mol. The molecule has 0 radical (unpaired) electrons. The number of nitrogens with one attached hydrogen (secondary N) is 1. The van der Waals surface area contributed by atoms with Crippen LogP contribution in [-0.2, 0) is 4.74 Å². The Morgan fingerprint density at radius 1 is 1.00 bits per heavy atom. The highest BCUT2D eigenvalue weighted by atomic mass is 16.5. The molecule has 0 saturated heterocycles. The van der Waals surface area contributed by atoms with Crippen molar-refractivity contribution in [1.29, 1.82) is 0 Å². The maximum Gasteiger partial charge on any atom is 0.339 e. The monoisotopic (exact) mass is 249 g/mol. The van der Waals surface area contributed by atoms with E-state index in [4.69, 9.17) is 4.74 Å². The number of hydrogen-bond acceptors (Lipinski definition) is 2. The number of hydrogen-bond donors (Lipinski definition) is 1. The maximum absolute atomic E-state index is 11.8. The van der Waals surface area contributed by atoms with Crippen molar-refractivity contribution in [2.24, 2.45) is 0 Å². The Morgan fingerprint density at radius 2 is 1.79 bits per heavy atom. The summed E-state index contributed by atoms with van der Waals surface area (Å²) in [4.78, 5) is 15.2. The van der Waals surface area contributed by atoms with Gasteiger partial charge in [0.25, 0.3) is 0 Å². The second-order valence-corrected chi connectivity index (χ2v) is 4.68. The molecule has 4 rings (SSSR count). The van der Waals surface area contributed by atoms with Crippen LogP contribution in [0.1, 0.15) is 27.7 Å². The fourth-order valence-corrected chi connectivity index (χ4v) is 2.61. The van der Waals surface area contributed by atoms with E-state index in [-0.39, 0.29) is 12.1 Å². The highest BCUT2D eigenvalue weighted by molar-refractivity contribution is 5.94. The average Bonchev–Trinajstić information content (AvgIpc) is 3.01. The first-order valence-corrected chi connectivity index (χ1v) is 6.20. The van der Waals surface area contributed by atoms with Crippen LogP contribution in [0.2, 0.25) is 0 Å². The standard InChI is InChI=1S/C16H11NO2/c18-16-12-7-3-2-6-11(12)15(19-16)14-9-10-5-1-4-8-13(10)17-14/h1-9,15,17H. The van der Waals surface area contributed by atoms with E-state index in [0.29, 0.717) is 5.56 Å². The van der Waals surface area contributed by atoms with Gasteiger partial charge in [-0.25, -0.2) is 4.79 Å². The molecular weight excluding hydrogens is 238 g/mol. The molecule has 0 amide bonds. The molecule has 1 N–H and O–H groups in total. The molecule has 0 fully saturated rings. The van der Waals surface area contributed by atoms with Gasteiger partial charge in [-0.1, -0.05) is 36.4 Å². The largest absolute Gasteiger partial charge is 0.447 e. The fourth-order valence-electron chi connectivity index (χ4n) is 2.61. The van der Waals surface area contributed by atoms with Crippen molar-refractivity contribution in [2.75, 3.05) is 0 Å². The number of benzene rings is 2. The van der Waals surface area contributed by atoms with Crippen molar-refractivity contribution < 1.29 is 9.53 Å². The van der Waals surface area contributed by atoms with Gasteiger partial charge in [0.1, 0.15) is 0 Å². The lowest BCUT2D eigenvalue weighted by atomic mass is 10.0. The van der Waals surface area contributed by atoms with Crippen LogP contribution in [0.15, 0.2) is 54.6 Å². The Morgan fingerprint density at radius 3 is 2.68 bits per heavy atom. The summed E-state index contributed by atoms with van der Waals surface area (Å²) < 4.78 is 5.48. The minimum absolute atomic E-state index is 0.251. The molecule has 1 aliphatic rings.